The predicted octanol–water partition coefficient (Wildman–Crippen LogP) is 11.8. The first kappa shape index (κ1) is 53.9. The van der Waals surface area contributed by atoms with Crippen LogP contribution >= 0.6 is 7.82 Å². The van der Waals surface area contributed by atoms with Crippen LogP contribution in [0.25, 0.3) is 0 Å². The molecular formula is C47H85N2O6P. The van der Waals surface area contributed by atoms with Crippen molar-refractivity contribution in [1.82, 2.24) is 5.32 Å². The van der Waals surface area contributed by atoms with Gasteiger partial charge in [0.1, 0.15) is 13.2 Å². The summed E-state index contributed by atoms with van der Waals surface area (Å²) in [7, 11) is 1.28. The molecule has 8 nitrogen and oxygen atoms in total. The Kier molecular flexibility index (Phi) is 37.0. The Morgan fingerprint density at radius 2 is 1.09 bits per heavy atom. The third-order valence-corrected chi connectivity index (χ3v) is 10.4. The van der Waals surface area contributed by atoms with Crippen LogP contribution < -0.4 is 10.2 Å². The first-order chi connectivity index (χ1) is 27.0. The molecule has 3 atom stereocenters. The maximum Gasteiger partial charge on any atom is 0.268 e. The van der Waals surface area contributed by atoms with E-state index in [0.29, 0.717) is 23.9 Å². The minimum absolute atomic E-state index is 0.00477. The molecule has 0 aromatic heterocycles. The molecule has 0 aliphatic carbocycles. The highest BCUT2D eigenvalue weighted by Crippen LogP contribution is 2.38. The Labute approximate surface area is 344 Å². The number of carbonyl (C=O) groups excluding carboxylic acids is 1. The van der Waals surface area contributed by atoms with Crippen molar-refractivity contribution in [3.05, 3.63) is 72.9 Å². The minimum atomic E-state index is -4.57. The summed E-state index contributed by atoms with van der Waals surface area (Å²) in [4.78, 5) is 25.3. The zero-order valence-electron chi connectivity index (χ0n) is 36.6. The molecule has 0 rings (SSSR count). The van der Waals surface area contributed by atoms with Gasteiger partial charge in [-0.05, 0) is 64.2 Å². The molecular weight excluding hydrogens is 719 g/mol. The van der Waals surface area contributed by atoms with Gasteiger partial charge in [0.15, 0.2) is 0 Å². The lowest BCUT2D eigenvalue weighted by Crippen LogP contribution is -2.46. The van der Waals surface area contributed by atoms with Gasteiger partial charge in [-0.2, -0.15) is 0 Å². The standard InChI is InChI=1S/C47H85N2O6P/c1-6-8-10-12-14-16-17-18-19-20-21-22-23-24-25-26-27-28-29-30-31-33-35-37-39-41-47(51)48-45(44-55-56(52,53)54-43-42-49(3,4)5)46(50)40-38-36-34-32-15-13-11-9-7-2/h8,10,14,16,18-19,21-22,24-25,27-28,45-46,50H,6-7,9,11-13,15,17,20,23,26,29-44H2,1-5H3,(H-,48,51,52,53)/b10-8-,16-14-,19-18-,22-21-,25-24-,28-27-. The van der Waals surface area contributed by atoms with E-state index in [0.717, 1.165) is 89.9 Å². The molecule has 0 saturated heterocycles. The van der Waals surface area contributed by atoms with E-state index >= 15 is 0 Å². The lowest BCUT2D eigenvalue weighted by Gasteiger charge is -2.30. The second kappa shape index (κ2) is 38.5. The number of rotatable bonds is 39. The predicted molar refractivity (Wildman–Crippen MR) is 237 cm³/mol. The molecule has 0 fully saturated rings. The van der Waals surface area contributed by atoms with Crippen LogP contribution in [0.2, 0.25) is 0 Å². The lowest BCUT2D eigenvalue weighted by molar-refractivity contribution is -0.870. The first-order valence-electron chi connectivity index (χ1n) is 22.3. The van der Waals surface area contributed by atoms with E-state index in [9.17, 15) is 19.4 Å². The molecule has 0 aliphatic rings. The monoisotopic (exact) mass is 805 g/mol. The number of nitrogens with one attached hydrogen (secondary N) is 1. The quantitative estimate of drug-likeness (QED) is 0.0277. The lowest BCUT2D eigenvalue weighted by atomic mass is 10.0. The molecule has 0 bridgehead atoms. The van der Waals surface area contributed by atoms with Crippen LogP contribution in [0.5, 0.6) is 0 Å². The zero-order chi connectivity index (χ0) is 41.4. The Bertz CT molecular complexity index is 1140. The van der Waals surface area contributed by atoms with Crippen molar-refractivity contribution in [2.75, 3.05) is 40.9 Å². The smallest absolute Gasteiger partial charge is 0.268 e. The molecule has 9 heteroatoms. The Morgan fingerprint density at radius 3 is 1.59 bits per heavy atom. The van der Waals surface area contributed by atoms with Crippen LogP contribution in [0, 0.1) is 0 Å². The molecule has 2 N–H and O–H groups in total. The average Bonchev–Trinajstić information content (AvgIpc) is 3.15. The average molecular weight is 805 g/mol. The van der Waals surface area contributed by atoms with Gasteiger partial charge in [0.05, 0.1) is 39.9 Å². The number of phosphoric acid groups is 1. The largest absolute Gasteiger partial charge is 0.756 e. The molecule has 1 amide bonds. The van der Waals surface area contributed by atoms with E-state index in [4.69, 9.17) is 9.05 Å². The van der Waals surface area contributed by atoms with Crippen LogP contribution in [0.1, 0.15) is 168 Å². The van der Waals surface area contributed by atoms with Crippen molar-refractivity contribution in [2.45, 2.75) is 180 Å². The molecule has 324 valence electrons. The normalized spacial score (nSPS) is 15.1. The molecule has 3 unspecified atom stereocenters. The molecule has 0 aliphatic heterocycles. The van der Waals surface area contributed by atoms with Gasteiger partial charge in [-0.1, -0.05) is 170 Å². The second-order valence-electron chi connectivity index (χ2n) is 16.0. The summed E-state index contributed by atoms with van der Waals surface area (Å²) in [6.07, 6.45) is 50.6. The molecule has 0 saturated carbocycles. The van der Waals surface area contributed by atoms with Crippen molar-refractivity contribution in [1.29, 1.82) is 0 Å². The van der Waals surface area contributed by atoms with Gasteiger partial charge in [-0.3, -0.25) is 9.36 Å². The molecule has 0 aromatic carbocycles. The van der Waals surface area contributed by atoms with Crippen LogP contribution in [0.15, 0.2) is 72.9 Å². The summed E-state index contributed by atoms with van der Waals surface area (Å²) < 4.78 is 23.2. The fourth-order valence-corrected chi connectivity index (χ4v) is 6.65. The summed E-state index contributed by atoms with van der Waals surface area (Å²) >= 11 is 0. The number of phosphoric ester groups is 1. The molecule has 0 aromatic rings. The van der Waals surface area contributed by atoms with E-state index in [1.54, 1.807) is 0 Å². The van der Waals surface area contributed by atoms with Gasteiger partial charge in [-0.25, -0.2) is 0 Å². The van der Waals surface area contributed by atoms with Gasteiger partial charge in [0.2, 0.25) is 5.91 Å². The Hall–Kier alpha value is -2.06. The highest BCUT2D eigenvalue weighted by Gasteiger charge is 2.24. The fourth-order valence-electron chi connectivity index (χ4n) is 5.92. The van der Waals surface area contributed by atoms with Gasteiger partial charge in [-0.15, -0.1) is 0 Å². The number of unbranched alkanes of at least 4 members (excludes halogenated alkanes) is 14. The highest BCUT2D eigenvalue weighted by atomic mass is 31.2. The number of hydrogen-bond donors (Lipinski definition) is 2. The van der Waals surface area contributed by atoms with Crippen LogP contribution in [0.4, 0.5) is 0 Å². The summed E-state index contributed by atoms with van der Waals surface area (Å²) in [5.41, 5.74) is 0. The zero-order valence-corrected chi connectivity index (χ0v) is 37.5. The number of aliphatic hydroxyl groups is 1. The summed E-state index contributed by atoms with van der Waals surface area (Å²) in [6.45, 7) is 4.54. The Balaban J connectivity index is 4.27. The van der Waals surface area contributed by atoms with E-state index < -0.39 is 20.0 Å². The van der Waals surface area contributed by atoms with Crippen molar-refractivity contribution >= 4 is 13.7 Å². The molecule has 56 heavy (non-hydrogen) atoms. The number of carbonyl (C=O) groups is 1. The SMILES string of the molecule is CC/C=C\C/C=C\C/C=C\C/C=C\C/C=C\C/C=C\CCCCCCCCC(=O)NC(COP(=O)([O-])OCC[N+](C)(C)C)C(O)CCCCCCCCCCC. The number of quaternary nitrogens is 1. The third-order valence-electron chi connectivity index (χ3n) is 9.46. The Morgan fingerprint density at radius 1 is 0.643 bits per heavy atom. The van der Waals surface area contributed by atoms with Gasteiger partial charge in [0, 0.05) is 6.42 Å². The van der Waals surface area contributed by atoms with E-state index in [2.05, 4.69) is 92.1 Å². The third kappa shape index (κ3) is 40.1. The minimum Gasteiger partial charge on any atom is -0.756 e. The van der Waals surface area contributed by atoms with Crippen molar-refractivity contribution < 1.29 is 32.9 Å². The maximum absolute atomic E-state index is 12.8. The topological polar surface area (TPSA) is 108 Å². The number of aliphatic hydroxyl groups excluding tert-OH is 1. The van der Waals surface area contributed by atoms with E-state index in [-0.39, 0.29) is 19.1 Å². The first-order valence-corrected chi connectivity index (χ1v) is 23.7. The van der Waals surface area contributed by atoms with Crippen LogP contribution in [-0.4, -0.2) is 68.5 Å². The van der Waals surface area contributed by atoms with Gasteiger partial charge >= 0.3 is 0 Å². The summed E-state index contributed by atoms with van der Waals surface area (Å²) in [5, 5.41) is 13.8. The number of allylic oxidation sites excluding steroid dienone is 12. The molecule has 0 spiro atoms. The summed E-state index contributed by atoms with van der Waals surface area (Å²) in [5.74, 6) is -0.186. The van der Waals surface area contributed by atoms with E-state index in [1.165, 1.54) is 51.4 Å². The summed E-state index contributed by atoms with van der Waals surface area (Å²) in [6, 6.07) is -0.810. The van der Waals surface area contributed by atoms with Crippen LogP contribution in [0.3, 0.4) is 0 Å². The molecule has 0 radical (unpaired) electrons. The van der Waals surface area contributed by atoms with Gasteiger partial charge < -0.3 is 28.8 Å². The number of hydrogen-bond acceptors (Lipinski definition) is 6. The van der Waals surface area contributed by atoms with Crippen molar-refractivity contribution in [3.8, 4) is 0 Å². The van der Waals surface area contributed by atoms with Crippen molar-refractivity contribution in [2.24, 2.45) is 0 Å². The highest BCUT2D eigenvalue weighted by molar-refractivity contribution is 7.45. The second-order valence-corrected chi connectivity index (χ2v) is 17.4. The van der Waals surface area contributed by atoms with Crippen molar-refractivity contribution in [3.63, 3.8) is 0 Å². The van der Waals surface area contributed by atoms with Crippen LogP contribution in [-0.2, 0) is 18.4 Å². The fraction of sp³-hybridized carbons (Fsp3) is 0.723. The number of likely N-dealkylation sites (N-methyl/N-ethyl adjacent to an activating group) is 1. The van der Waals surface area contributed by atoms with Gasteiger partial charge in [0.25, 0.3) is 7.82 Å². The number of amides is 1. The molecule has 0 heterocycles. The number of nitrogens with zero attached hydrogens (tertiary/aromatic N) is 1. The van der Waals surface area contributed by atoms with E-state index in [1.807, 2.05) is 21.1 Å². The maximum atomic E-state index is 12.8.